The van der Waals surface area contributed by atoms with Crippen LogP contribution in [0.1, 0.15) is 29.3 Å². The number of aliphatic hydroxyl groups excluding tert-OH is 2. The monoisotopic (exact) mass is 506 g/mol. The molecule has 37 heavy (non-hydrogen) atoms. The van der Waals surface area contributed by atoms with Crippen molar-refractivity contribution >= 4 is 11.7 Å². The number of carbonyl (C=O) groups excluding carboxylic acids is 2. The van der Waals surface area contributed by atoms with Crippen LogP contribution >= 0.6 is 0 Å². The van der Waals surface area contributed by atoms with E-state index in [0.717, 1.165) is 11.1 Å². The number of aliphatic hydroxyl groups is 3. The second kappa shape index (κ2) is 8.36. The third-order valence-corrected chi connectivity index (χ3v) is 8.21. The van der Waals surface area contributed by atoms with Crippen LogP contribution in [-0.4, -0.2) is 67.9 Å². The second-order valence-electron chi connectivity index (χ2n) is 10.6. The maximum atomic E-state index is 13.8. The number of primary amides is 1. The minimum atomic E-state index is -2.02. The number of hydrogen-bond donors (Lipinski definition) is 6. The van der Waals surface area contributed by atoms with Crippen molar-refractivity contribution in [2.45, 2.75) is 31.4 Å². The summed E-state index contributed by atoms with van der Waals surface area (Å²) in [7, 11) is 3.43. The number of likely N-dealkylation sites (N-methyl/N-ethyl adjacent to an activating group) is 1. The lowest BCUT2D eigenvalue weighted by Gasteiger charge is -2.52. The lowest BCUT2D eigenvalue weighted by atomic mass is 9.56. The first-order valence-corrected chi connectivity index (χ1v) is 12.1. The van der Waals surface area contributed by atoms with Gasteiger partial charge in [0.1, 0.15) is 28.6 Å². The largest absolute Gasteiger partial charge is 0.511 e. The van der Waals surface area contributed by atoms with Crippen LogP contribution in [0.25, 0.3) is 11.1 Å². The highest BCUT2D eigenvalue weighted by molar-refractivity contribution is 6.14. The Bertz CT molecular complexity index is 1390. The number of phenolic OH excluding ortho intramolecular Hbond substituents is 2. The lowest BCUT2D eigenvalue weighted by Crippen LogP contribution is -2.59. The standard InChI is InChI=1S/C28H30N2O7/c1-28(37)21-17(23(30(2)3)26(35)22(28)27(29)36)11-13-10-16-15(12-4-6-14(31)7-5-12)8-9-18(32)20(16)24(33)19(13)25(21)34/h4-9,13,17,21,23,31-32,34-35,37H,10-11H2,1-3H3,(H2,29,36)/t13?,17?,21?,23-,28?/m0/s1. The van der Waals surface area contributed by atoms with Crippen molar-refractivity contribution in [1.29, 1.82) is 0 Å². The Morgan fingerprint density at radius 2 is 1.68 bits per heavy atom. The number of phenols is 2. The predicted molar refractivity (Wildman–Crippen MR) is 135 cm³/mol. The molecule has 0 aliphatic heterocycles. The minimum absolute atomic E-state index is 0.0787. The number of hydrogen-bond acceptors (Lipinski definition) is 8. The van der Waals surface area contributed by atoms with Crippen LogP contribution in [0, 0.1) is 17.8 Å². The highest BCUT2D eigenvalue weighted by Gasteiger charge is 2.59. The third-order valence-electron chi connectivity index (χ3n) is 8.21. The first-order valence-electron chi connectivity index (χ1n) is 12.1. The van der Waals surface area contributed by atoms with E-state index in [1.807, 2.05) is 0 Å². The average molecular weight is 507 g/mol. The SMILES string of the molecule is CN(C)[C@@H]1C(O)=C(C(N)=O)C(C)(O)C2C(O)=C3C(=O)c4c(O)ccc(-c5ccc(O)cc5)c4CC3CC21. The molecule has 5 atom stereocenters. The molecule has 5 rings (SSSR count). The Morgan fingerprint density at radius 1 is 1.03 bits per heavy atom. The van der Waals surface area contributed by atoms with E-state index in [4.69, 9.17) is 5.73 Å². The Labute approximate surface area is 213 Å². The summed E-state index contributed by atoms with van der Waals surface area (Å²) in [5.41, 5.74) is 5.40. The van der Waals surface area contributed by atoms with Gasteiger partial charge < -0.3 is 31.3 Å². The van der Waals surface area contributed by atoms with Crippen LogP contribution in [-0.2, 0) is 11.2 Å². The number of nitrogens with zero attached hydrogens (tertiary/aromatic N) is 1. The fraction of sp³-hybridized carbons (Fsp3) is 0.357. The molecule has 0 bridgehead atoms. The molecule has 2 aromatic rings. The maximum absolute atomic E-state index is 13.8. The molecule has 0 heterocycles. The zero-order chi connectivity index (χ0) is 27.0. The van der Waals surface area contributed by atoms with Gasteiger partial charge in [-0.05, 0) is 80.6 Å². The van der Waals surface area contributed by atoms with E-state index in [0.29, 0.717) is 18.4 Å². The molecule has 7 N–H and O–H groups in total. The number of aromatic hydroxyl groups is 2. The molecule has 0 saturated heterocycles. The predicted octanol–water partition coefficient (Wildman–Crippen LogP) is 2.56. The Hall–Kier alpha value is -3.82. The first kappa shape index (κ1) is 24.9. The summed E-state index contributed by atoms with van der Waals surface area (Å²) in [6.45, 7) is 1.31. The molecule has 3 aliphatic carbocycles. The number of allylic oxidation sites excluding steroid dienone is 1. The van der Waals surface area contributed by atoms with Gasteiger partial charge >= 0.3 is 0 Å². The molecule has 9 nitrogen and oxygen atoms in total. The highest BCUT2D eigenvalue weighted by Crippen LogP contribution is 2.55. The molecule has 4 unspecified atom stereocenters. The van der Waals surface area contributed by atoms with Crippen molar-refractivity contribution in [3.63, 3.8) is 0 Å². The van der Waals surface area contributed by atoms with Crippen LogP contribution in [0.3, 0.4) is 0 Å². The van der Waals surface area contributed by atoms with Crippen molar-refractivity contribution < 1.29 is 35.1 Å². The van der Waals surface area contributed by atoms with Crippen LogP contribution in [0.4, 0.5) is 0 Å². The molecular weight excluding hydrogens is 476 g/mol. The third kappa shape index (κ3) is 3.53. The normalized spacial score (nSPS) is 29.2. The molecule has 1 amide bonds. The summed E-state index contributed by atoms with van der Waals surface area (Å²) in [6, 6.07) is 8.94. The topological polar surface area (TPSA) is 165 Å². The number of Topliss-reactive ketones (excluding diaryl/α,β-unsaturated/α-hetero) is 1. The number of rotatable bonds is 3. The van der Waals surface area contributed by atoms with Gasteiger partial charge in [0.15, 0.2) is 5.78 Å². The van der Waals surface area contributed by atoms with E-state index in [1.54, 1.807) is 49.3 Å². The number of ketones is 1. The minimum Gasteiger partial charge on any atom is -0.511 e. The van der Waals surface area contributed by atoms with E-state index >= 15 is 0 Å². The Morgan fingerprint density at radius 3 is 2.27 bits per heavy atom. The molecule has 3 aliphatic rings. The van der Waals surface area contributed by atoms with Crippen LogP contribution < -0.4 is 5.73 Å². The van der Waals surface area contributed by atoms with Crippen molar-refractivity contribution in [3.05, 3.63) is 70.2 Å². The van der Waals surface area contributed by atoms with Gasteiger partial charge in [-0.3, -0.25) is 14.5 Å². The zero-order valence-electron chi connectivity index (χ0n) is 20.8. The van der Waals surface area contributed by atoms with E-state index in [1.165, 1.54) is 13.0 Å². The lowest BCUT2D eigenvalue weighted by molar-refractivity contribution is -0.120. The molecule has 0 fully saturated rings. The van der Waals surface area contributed by atoms with Gasteiger partial charge in [0.25, 0.3) is 5.91 Å². The molecule has 0 spiro atoms. The number of nitrogens with two attached hydrogens (primary N) is 1. The molecule has 0 saturated carbocycles. The van der Waals surface area contributed by atoms with Crippen LogP contribution in [0.15, 0.2) is 59.1 Å². The molecular formula is C28H30N2O7. The smallest absolute Gasteiger partial charge is 0.251 e. The van der Waals surface area contributed by atoms with Crippen LogP contribution in [0.5, 0.6) is 11.5 Å². The second-order valence-corrected chi connectivity index (χ2v) is 10.6. The summed E-state index contributed by atoms with van der Waals surface area (Å²) in [6.07, 6.45) is 0.652. The van der Waals surface area contributed by atoms with Gasteiger partial charge in [0.05, 0.1) is 23.1 Å². The fourth-order valence-corrected chi connectivity index (χ4v) is 6.81. The van der Waals surface area contributed by atoms with Crippen molar-refractivity contribution in [2.75, 3.05) is 14.1 Å². The van der Waals surface area contributed by atoms with Crippen molar-refractivity contribution in [1.82, 2.24) is 4.90 Å². The Kier molecular flexibility index (Phi) is 5.61. The fourth-order valence-electron chi connectivity index (χ4n) is 6.81. The average Bonchev–Trinajstić information content (AvgIpc) is 2.78. The summed E-state index contributed by atoms with van der Waals surface area (Å²) in [5.74, 6) is -4.44. The zero-order valence-corrected chi connectivity index (χ0v) is 20.8. The molecule has 9 heteroatoms. The van der Waals surface area contributed by atoms with Gasteiger partial charge in [-0.2, -0.15) is 0 Å². The Balaban J connectivity index is 1.70. The van der Waals surface area contributed by atoms with E-state index < -0.39 is 41.1 Å². The highest BCUT2D eigenvalue weighted by atomic mass is 16.3. The van der Waals surface area contributed by atoms with Gasteiger partial charge in [-0.25, -0.2) is 0 Å². The summed E-state index contributed by atoms with van der Waals surface area (Å²) < 4.78 is 0. The maximum Gasteiger partial charge on any atom is 0.251 e. The summed E-state index contributed by atoms with van der Waals surface area (Å²) in [5, 5.41) is 54.5. The molecule has 2 aromatic carbocycles. The first-order chi connectivity index (χ1) is 17.4. The number of benzene rings is 2. The van der Waals surface area contributed by atoms with E-state index in [9.17, 15) is 35.1 Å². The summed E-state index contributed by atoms with van der Waals surface area (Å²) in [4.78, 5) is 27.8. The van der Waals surface area contributed by atoms with Gasteiger partial charge in [-0.1, -0.05) is 18.2 Å². The van der Waals surface area contributed by atoms with Gasteiger partial charge in [0.2, 0.25) is 0 Å². The molecule has 0 aromatic heterocycles. The van der Waals surface area contributed by atoms with Gasteiger partial charge in [-0.15, -0.1) is 0 Å². The molecule has 0 radical (unpaired) electrons. The van der Waals surface area contributed by atoms with E-state index in [2.05, 4.69) is 0 Å². The summed E-state index contributed by atoms with van der Waals surface area (Å²) >= 11 is 0. The van der Waals surface area contributed by atoms with Crippen molar-refractivity contribution in [2.24, 2.45) is 23.5 Å². The van der Waals surface area contributed by atoms with Gasteiger partial charge in [0, 0.05) is 5.57 Å². The van der Waals surface area contributed by atoms with Crippen LogP contribution in [0.2, 0.25) is 0 Å². The quantitative estimate of drug-likeness (QED) is 0.370. The number of amides is 1. The molecule has 194 valence electrons. The van der Waals surface area contributed by atoms with Crippen molar-refractivity contribution in [3.8, 4) is 22.6 Å². The number of carbonyl (C=O) groups is 2. The van der Waals surface area contributed by atoms with E-state index in [-0.39, 0.29) is 39.7 Å². The number of fused-ring (bicyclic) bond motifs is 3.